The molecular formula is C15H23NO2. The van der Waals surface area contributed by atoms with Gasteiger partial charge in [-0.1, -0.05) is 38.0 Å². The minimum Gasteiger partial charge on any atom is -0.351 e. The van der Waals surface area contributed by atoms with Crippen LogP contribution in [0.3, 0.4) is 0 Å². The normalized spacial score (nSPS) is 12.1. The number of unbranched alkanes of at least 4 members (excludes halogenated alkanes) is 2. The maximum atomic E-state index is 5.31. The molecule has 0 saturated carbocycles. The van der Waals surface area contributed by atoms with Gasteiger partial charge in [0.2, 0.25) is 0 Å². The van der Waals surface area contributed by atoms with Gasteiger partial charge in [0.25, 0.3) is 0 Å². The van der Waals surface area contributed by atoms with Gasteiger partial charge < -0.3 is 9.47 Å². The lowest BCUT2D eigenvalue weighted by Crippen LogP contribution is -2.24. The van der Waals surface area contributed by atoms with Gasteiger partial charge in [-0.15, -0.1) is 0 Å². The van der Waals surface area contributed by atoms with Crippen molar-refractivity contribution in [2.75, 3.05) is 14.2 Å². The molecular weight excluding hydrogens is 226 g/mol. The number of benzene rings is 1. The third-order valence-corrected chi connectivity index (χ3v) is 2.77. The summed E-state index contributed by atoms with van der Waals surface area (Å²) in [4.78, 5) is 4.64. The number of nitrogens with zero attached hydrogens (tertiary/aromatic N) is 1. The van der Waals surface area contributed by atoms with Gasteiger partial charge >= 0.3 is 0 Å². The van der Waals surface area contributed by atoms with Gasteiger partial charge in [-0.3, -0.25) is 4.99 Å². The fourth-order valence-corrected chi connectivity index (χ4v) is 1.82. The smallest absolute Gasteiger partial charge is 0.196 e. The molecule has 1 aromatic rings. The van der Waals surface area contributed by atoms with E-state index in [1.165, 1.54) is 12.8 Å². The molecule has 0 N–H and O–H groups in total. The van der Waals surface area contributed by atoms with E-state index in [0.29, 0.717) is 0 Å². The highest BCUT2D eigenvalue weighted by Crippen LogP contribution is 2.15. The molecule has 1 aromatic carbocycles. The van der Waals surface area contributed by atoms with Crippen molar-refractivity contribution in [2.24, 2.45) is 4.99 Å². The summed E-state index contributed by atoms with van der Waals surface area (Å²) in [5.74, 6) is 0. The van der Waals surface area contributed by atoms with Crippen LogP contribution in [0.1, 0.15) is 32.6 Å². The number of hydrogen-bond donors (Lipinski definition) is 0. The molecule has 0 atom stereocenters. The number of para-hydroxylation sites is 1. The Morgan fingerprint density at radius 2 is 1.78 bits per heavy atom. The van der Waals surface area contributed by atoms with E-state index in [-0.39, 0.29) is 6.29 Å². The maximum Gasteiger partial charge on any atom is 0.196 e. The Morgan fingerprint density at radius 3 is 2.33 bits per heavy atom. The van der Waals surface area contributed by atoms with Crippen LogP contribution in [0.15, 0.2) is 35.3 Å². The van der Waals surface area contributed by atoms with Crippen LogP contribution >= 0.6 is 0 Å². The quantitative estimate of drug-likeness (QED) is 0.396. The molecule has 3 heteroatoms. The first-order chi connectivity index (χ1) is 8.81. The van der Waals surface area contributed by atoms with Gasteiger partial charge in [0.1, 0.15) is 0 Å². The topological polar surface area (TPSA) is 30.8 Å². The van der Waals surface area contributed by atoms with E-state index in [1.54, 1.807) is 14.2 Å². The summed E-state index contributed by atoms with van der Waals surface area (Å²) < 4.78 is 10.6. The van der Waals surface area contributed by atoms with Gasteiger partial charge in [0.05, 0.1) is 11.4 Å². The predicted molar refractivity (Wildman–Crippen MR) is 75.5 cm³/mol. The van der Waals surface area contributed by atoms with Gasteiger partial charge in [0.15, 0.2) is 6.29 Å². The molecule has 0 amide bonds. The molecule has 0 bridgehead atoms. The summed E-state index contributed by atoms with van der Waals surface area (Å²) in [5, 5.41) is 0. The molecule has 100 valence electrons. The van der Waals surface area contributed by atoms with Crippen molar-refractivity contribution in [2.45, 2.75) is 38.9 Å². The van der Waals surface area contributed by atoms with Gasteiger partial charge in [0, 0.05) is 14.2 Å². The minimum atomic E-state index is -0.345. The van der Waals surface area contributed by atoms with Crippen LogP contribution < -0.4 is 0 Å². The van der Waals surface area contributed by atoms with Crippen molar-refractivity contribution in [3.05, 3.63) is 30.3 Å². The Morgan fingerprint density at radius 1 is 1.11 bits per heavy atom. The Labute approximate surface area is 110 Å². The second kappa shape index (κ2) is 8.84. The van der Waals surface area contributed by atoms with Gasteiger partial charge in [-0.05, 0) is 25.0 Å². The maximum absolute atomic E-state index is 5.31. The van der Waals surface area contributed by atoms with Crippen molar-refractivity contribution in [3.63, 3.8) is 0 Å². The van der Waals surface area contributed by atoms with E-state index in [9.17, 15) is 0 Å². The minimum absolute atomic E-state index is 0.345. The Hall–Kier alpha value is -1.19. The average molecular weight is 249 g/mol. The zero-order valence-corrected chi connectivity index (χ0v) is 11.6. The standard InChI is InChI=1S/C15H23NO2/c1-4-5-7-12-14(15(17-2)18-3)16-13-10-8-6-9-11-13/h6,8-11,15H,4-5,7,12H2,1-3H3. The van der Waals surface area contributed by atoms with E-state index in [0.717, 1.165) is 24.2 Å². The number of ether oxygens (including phenoxy) is 2. The molecule has 0 aliphatic rings. The highest BCUT2D eigenvalue weighted by Gasteiger charge is 2.14. The highest BCUT2D eigenvalue weighted by atomic mass is 16.7. The second-order valence-corrected chi connectivity index (χ2v) is 4.20. The second-order valence-electron chi connectivity index (χ2n) is 4.20. The fraction of sp³-hybridized carbons (Fsp3) is 0.533. The zero-order valence-electron chi connectivity index (χ0n) is 11.6. The van der Waals surface area contributed by atoms with E-state index < -0.39 is 0 Å². The SMILES string of the molecule is CCCCCC(=Nc1ccccc1)C(OC)OC. The van der Waals surface area contributed by atoms with Crippen LogP contribution in [0.4, 0.5) is 5.69 Å². The van der Waals surface area contributed by atoms with E-state index in [4.69, 9.17) is 9.47 Å². The molecule has 1 rings (SSSR count). The lowest BCUT2D eigenvalue weighted by atomic mass is 10.1. The lowest BCUT2D eigenvalue weighted by molar-refractivity contribution is -0.0532. The Kier molecular flexibility index (Phi) is 7.30. The molecule has 3 nitrogen and oxygen atoms in total. The number of methoxy groups -OCH3 is 2. The summed E-state index contributed by atoms with van der Waals surface area (Å²) in [7, 11) is 3.29. The number of aliphatic imine (C=N–C) groups is 1. The Bertz CT molecular complexity index is 345. The summed E-state index contributed by atoms with van der Waals surface area (Å²) in [6.07, 6.45) is 4.08. The van der Waals surface area contributed by atoms with Crippen molar-refractivity contribution < 1.29 is 9.47 Å². The third-order valence-electron chi connectivity index (χ3n) is 2.77. The molecule has 0 radical (unpaired) electrons. The lowest BCUT2D eigenvalue weighted by Gasteiger charge is -2.16. The van der Waals surface area contributed by atoms with Crippen molar-refractivity contribution in [1.82, 2.24) is 0 Å². The zero-order chi connectivity index (χ0) is 13.2. The molecule has 0 heterocycles. The molecule has 0 aromatic heterocycles. The first-order valence-electron chi connectivity index (χ1n) is 6.50. The van der Waals surface area contributed by atoms with Crippen molar-refractivity contribution >= 4 is 11.4 Å². The molecule has 0 unspecified atom stereocenters. The summed E-state index contributed by atoms with van der Waals surface area (Å²) in [5.41, 5.74) is 1.91. The molecule has 0 aliphatic carbocycles. The average Bonchev–Trinajstić information content (AvgIpc) is 2.41. The van der Waals surface area contributed by atoms with Crippen LogP contribution in [0.25, 0.3) is 0 Å². The molecule has 0 fully saturated rings. The highest BCUT2D eigenvalue weighted by molar-refractivity contribution is 5.89. The molecule has 0 saturated heterocycles. The van der Waals surface area contributed by atoms with Crippen LogP contribution in [-0.2, 0) is 9.47 Å². The van der Waals surface area contributed by atoms with Crippen molar-refractivity contribution in [1.29, 1.82) is 0 Å². The van der Waals surface area contributed by atoms with E-state index in [1.807, 2.05) is 30.3 Å². The van der Waals surface area contributed by atoms with Crippen LogP contribution in [0, 0.1) is 0 Å². The third kappa shape index (κ3) is 4.98. The monoisotopic (exact) mass is 249 g/mol. The summed E-state index contributed by atoms with van der Waals surface area (Å²) >= 11 is 0. The molecule has 0 aliphatic heterocycles. The van der Waals surface area contributed by atoms with Crippen LogP contribution in [0.2, 0.25) is 0 Å². The summed E-state index contributed by atoms with van der Waals surface area (Å²) in [6, 6.07) is 9.93. The summed E-state index contributed by atoms with van der Waals surface area (Å²) in [6.45, 7) is 2.19. The Balaban J connectivity index is 2.78. The first kappa shape index (κ1) is 14.9. The predicted octanol–water partition coefficient (Wildman–Crippen LogP) is 3.96. The van der Waals surface area contributed by atoms with E-state index >= 15 is 0 Å². The van der Waals surface area contributed by atoms with E-state index in [2.05, 4.69) is 11.9 Å². The molecule has 18 heavy (non-hydrogen) atoms. The number of rotatable bonds is 8. The van der Waals surface area contributed by atoms with Crippen molar-refractivity contribution in [3.8, 4) is 0 Å². The molecule has 0 spiro atoms. The van der Waals surface area contributed by atoms with Gasteiger partial charge in [-0.2, -0.15) is 0 Å². The van der Waals surface area contributed by atoms with Crippen LogP contribution in [0.5, 0.6) is 0 Å². The number of hydrogen-bond acceptors (Lipinski definition) is 3. The van der Waals surface area contributed by atoms with Gasteiger partial charge in [-0.25, -0.2) is 0 Å². The largest absolute Gasteiger partial charge is 0.351 e. The first-order valence-corrected chi connectivity index (χ1v) is 6.50. The fourth-order valence-electron chi connectivity index (χ4n) is 1.82. The van der Waals surface area contributed by atoms with Crippen LogP contribution in [-0.4, -0.2) is 26.2 Å².